The van der Waals surface area contributed by atoms with Gasteiger partial charge in [-0.3, -0.25) is 0 Å². The third kappa shape index (κ3) is 4.80. The van der Waals surface area contributed by atoms with Crippen LogP contribution in [0.5, 0.6) is 5.75 Å². The van der Waals surface area contributed by atoms with Crippen molar-refractivity contribution in [2.45, 2.75) is 59.8 Å². The highest BCUT2D eigenvalue weighted by Crippen LogP contribution is 2.37. The Balaban J connectivity index is 0.000000450. The van der Waals surface area contributed by atoms with Crippen molar-refractivity contribution in [3.05, 3.63) is 29.8 Å². The normalized spacial score (nSPS) is 15.2. The molecule has 1 nitrogen and oxygen atoms in total. The Morgan fingerprint density at radius 3 is 2.18 bits per heavy atom. The largest absolute Gasteiger partial charge is 0.493 e. The van der Waals surface area contributed by atoms with Crippen molar-refractivity contribution in [3.63, 3.8) is 0 Å². The van der Waals surface area contributed by atoms with Gasteiger partial charge < -0.3 is 4.74 Å². The van der Waals surface area contributed by atoms with Crippen molar-refractivity contribution in [2.75, 3.05) is 6.61 Å². The average molecular weight is 236 g/mol. The lowest BCUT2D eigenvalue weighted by Gasteiger charge is -2.32. The smallest absolute Gasteiger partial charge is 0.123 e. The fraction of sp³-hybridized carbons (Fsp3) is 0.625. The topological polar surface area (TPSA) is 9.23 Å². The molecule has 0 unspecified atom stereocenters. The first-order valence-electron chi connectivity index (χ1n) is 6.84. The molecule has 0 aromatic heterocycles. The third-order valence-electron chi connectivity index (χ3n) is 2.60. The molecule has 1 heterocycles. The van der Waals surface area contributed by atoms with Gasteiger partial charge in [0.1, 0.15) is 5.75 Å². The average Bonchev–Trinajstić information content (AvgIpc) is 2.33. The van der Waals surface area contributed by atoms with Gasteiger partial charge >= 0.3 is 0 Å². The van der Waals surface area contributed by atoms with Gasteiger partial charge in [-0.15, -0.1) is 0 Å². The molecule has 0 bridgehead atoms. The summed E-state index contributed by atoms with van der Waals surface area (Å²) in [7, 11) is 0. The molecule has 0 radical (unpaired) electrons. The second kappa shape index (κ2) is 8.16. The lowest BCUT2D eigenvalue weighted by molar-refractivity contribution is 0.234. The van der Waals surface area contributed by atoms with Gasteiger partial charge in [-0.25, -0.2) is 0 Å². The summed E-state index contributed by atoms with van der Waals surface area (Å²) in [6.45, 7) is 13.6. The zero-order chi connectivity index (χ0) is 13.3. The lowest BCUT2D eigenvalue weighted by atomic mass is 9.80. The summed E-state index contributed by atoms with van der Waals surface area (Å²) in [5.74, 6) is 1.06. The van der Waals surface area contributed by atoms with Gasteiger partial charge in [0.25, 0.3) is 0 Å². The zero-order valence-corrected chi connectivity index (χ0v) is 12.3. The summed E-state index contributed by atoms with van der Waals surface area (Å²) in [5, 5.41) is 0. The maximum atomic E-state index is 5.56. The van der Waals surface area contributed by atoms with Gasteiger partial charge in [0.05, 0.1) is 6.61 Å². The molecule has 0 aliphatic carbocycles. The number of rotatable bonds is 0. The van der Waals surface area contributed by atoms with Crippen molar-refractivity contribution in [2.24, 2.45) is 0 Å². The van der Waals surface area contributed by atoms with Crippen LogP contribution < -0.4 is 4.74 Å². The number of para-hydroxylation sites is 1. The van der Waals surface area contributed by atoms with E-state index in [4.69, 9.17) is 4.74 Å². The maximum absolute atomic E-state index is 5.56. The van der Waals surface area contributed by atoms with Crippen LogP contribution in [0, 0.1) is 0 Å². The number of fused-ring (bicyclic) bond motifs is 1. The molecule has 0 N–H and O–H groups in total. The minimum absolute atomic E-state index is 0.287. The van der Waals surface area contributed by atoms with Gasteiger partial charge in [0.15, 0.2) is 0 Å². The van der Waals surface area contributed by atoms with Crippen LogP contribution in [0.2, 0.25) is 0 Å². The Morgan fingerprint density at radius 1 is 1.12 bits per heavy atom. The molecular formula is C16H28O. The van der Waals surface area contributed by atoms with Gasteiger partial charge in [0.2, 0.25) is 0 Å². The minimum Gasteiger partial charge on any atom is -0.493 e. The summed E-state index contributed by atoms with van der Waals surface area (Å²) in [4.78, 5) is 0. The fourth-order valence-electron chi connectivity index (χ4n) is 1.70. The van der Waals surface area contributed by atoms with Gasteiger partial charge in [-0.2, -0.15) is 0 Å². The van der Waals surface area contributed by atoms with E-state index in [1.165, 1.54) is 12.0 Å². The van der Waals surface area contributed by atoms with Crippen LogP contribution in [0.4, 0.5) is 0 Å². The van der Waals surface area contributed by atoms with Crippen LogP contribution >= 0.6 is 0 Å². The SMILES string of the molecule is CC.CC1(C)CCOc2ccccc21.CCC. The first-order chi connectivity index (χ1) is 8.11. The predicted octanol–water partition coefficient (Wildman–Crippen LogP) is 5.19. The highest BCUT2D eigenvalue weighted by molar-refractivity contribution is 5.40. The Kier molecular flexibility index (Phi) is 7.69. The van der Waals surface area contributed by atoms with Crippen LogP contribution in [0.3, 0.4) is 0 Å². The molecule has 1 aliphatic rings. The van der Waals surface area contributed by atoms with Crippen LogP contribution in [-0.4, -0.2) is 6.61 Å². The zero-order valence-electron chi connectivity index (χ0n) is 12.3. The first kappa shape index (κ1) is 16.0. The summed E-state index contributed by atoms with van der Waals surface area (Å²) in [5.41, 5.74) is 1.63. The van der Waals surface area contributed by atoms with E-state index in [1.807, 2.05) is 19.9 Å². The van der Waals surface area contributed by atoms with E-state index in [1.54, 1.807) is 0 Å². The standard InChI is InChI=1S/C11H14O.C3H8.C2H6/c1-11(2)7-8-12-10-6-4-3-5-9(10)11;1-3-2;1-2/h3-6H,7-8H2,1-2H3;3H2,1-2H3;1-2H3. The molecule has 1 aromatic carbocycles. The molecule has 17 heavy (non-hydrogen) atoms. The molecule has 0 fully saturated rings. The quantitative estimate of drug-likeness (QED) is 0.602. The lowest BCUT2D eigenvalue weighted by Crippen LogP contribution is -2.26. The minimum atomic E-state index is 0.287. The van der Waals surface area contributed by atoms with Crippen LogP contribution in [0.15, 0.2) is 24.3 Å². The molecule has 2 rings (SSSR count). The number of benzene rings is 1. The van der Waals surface area contributed by atoms with Crippen LogP contribution in [0.25, 0.3) is 0 Å². The van der Waals surface area contributed by atoms with Crippen LogP contribution in [0.1, 0.15) is 59.9 Å². The molecule has 0 spiro atoms. The highest BCUT2D eigenvalue weighted by Gasteiger charge is 2.27. The van der Waals surface area contributed by atoms with E-state index >= 15 is 0 Å². The Labute approximate surface area is 107 Å². The van der Waals surface area contributed by atoms with Gasteiger partial charge in [-0.05, 0) is 23.5 Å². The summed E-state index contributed by atoms with van der Waals surface area (Å²) in [6.07, 6.45) is 2.37. The molecule has 98 valence electrons. The van der Waals surface area contributed by atoms with E-state index in [0.717, 1.165) is 18.8 Å². The molecule has 0 atom stereocenters. The van der Waals surface area contributed by atoms with Crippen molar-refractivity contribution in [3.8, 4) is 5.75 Å². The van der Waals surface area contributed by atoms with E-state index in [0.29, 0.717) is 0 Å². The van der Waals surface area contributed by atoms with Crippen molar-refractivity contribution in [1.82, 2.24) is 0 Å². The third-order valence-corrected chi connectivity index (χ3v) is 2.60. The molecule has 1 heteroatoms. The fourth-order valence-corrected chi connectivity index (χ4v) is 1.70. The van der Waals surface area contributed by atoms with Crippen molar-refractivity contribution >= 4 is 0 Å². The first-order valence-corrected chi connectivity index (χ1v) is 6.84. The Bertz CT molecular complexity index is 302. The van der Waals surface area contributed by atoms with Crippen molar-refractivity contribution < 1.29 is 4.74 Å². The van der Waals surface area contributed by atoms with E-state index in [9.17, 15) is 0 Å². The number of ether oxygens (including phenoxy) is 1. The molecule has 0 amide bonds. The monoisotopic (exact) mass is 236 g/mol. The second-order valence-corrected chi connectivity index (χ2v) is 4.69. The summed E-state index contributed by atoms with van der Waals surface area (Å²) < 4.78 is 5.56. The van der Waals surface area contributed by atoms with Crippen LogP contribution in [-0.2, 0) is 5.41 Å². The molecule has 0 saturated carbocycles. The van der Waals surface area contributed by atoms with E-state index in [2.05, 4.69) is 45.9 Å². The molecule has 1 aromatic rings. The predicted molar refractivity (Wildman–Crippen MR) is 76.9 cm³/mol. The highest BCUT2D eigenvalue weighted by atomic mass is 16.5. The van der Waals surface area contributed by atoms with Crippen molar-refractivity contribution in [1.29, 1.82) is 0 Å². The molecule has 1 aliphatic heterocycles. The van der Waals surface area contributed by atoms with Gasteiger partial charge in [-0.1, -0.05) is 66.2 Å². The van der Waals surface area contributed by atoms with Gasteiger partial charge in [0, 0.05) is 0 Å². The van der Waals surface area contributed by atoms with E-state index < -0.39 is 0 Å². The Hall–Kier alpha value is -0.980. The maximum Gasteiger partial charge on any atom is 0.123 e. The number of hydrogen-bond donors (Lipinski definition) is 0. The summed E-state index contributed by atoms with van der Waals surface area (Å²) in [6, 6.07) is 8.32. The second-order valence-electron chi connectivity index (χ2n) is 4.69. The summed E-state index contributed by atoms with van der Waals surface area (Å²) >= 11 is 0. The molecule has 0 saturated heterocycles. The van der Waals surface area contributed by atoms with E-state index in [-0.39, 0.29) is 5.41 Å². The number of hydrogen-bond acceptors (Lipinski definition) is 1. The Morgan fingerprint density at radius 2 is 1.65 bits per heavy atom. The molecular weight excluding hydrogens is 208 g/mol.